The lowest BCUT2D eigenvalue weighted by molar-refractivity contribution is 0.0142. The van der Waals surface area contributed by atoms with Crippen LogP contribution in [0.2, 0.25) is 0 Å². The van der Waals surface area contributed by atoms with Crippen LogP contribution in [-0.2, 0) is 9.47 Å². The van der Waals surface area contributed by atoms with E-state index in [-0.39, 0.29) is 12.1 Å². The van der Waals surface area contributed by atoms with Crippen molar-refractivity contribution in [1.82, 2.24) is 9.80 Å². The number of rotatable bonds is 9. The van der Waals surface area contributed by atoms with Crippen molar-refractivity contribution in [2.24, 2.45) is 11.8 Å². The molecule has 1 saturated carbocycles. The molecule has 1 saturated heterocycles. The van der Waals surface area contributed by atoms with E-state index in [1.54, 1.807) is 12.1 Å². The molecule has 0 radical (unpaired) electrons. The van der Waals surface area contributed by atoms with E-state index in [0.717, 1.165) is 61.7 Å². The lowest BCUT2D eigenvalue weighted by Crippen LogP contribution is -2.50. The third-order valence-corrected chi connectivity index (χ3v) is 6.79. The summed E-state index contributed by atoms with van der Waals surface area (Å²) in [5.74, 6) is 1.69. The number of esters is 1. The summed E-state index contributed by atoms with van der Waals surface area (Å²) in [6, 6.07) is 5.30. The number of carbonyl (C=O) groups excluding carboxylic acids is 2. The van der Waals surface area contributed by atoms with Crippen molar-refractivity contribution < 1.29 is 23.8 Å². The van der Waals surface area contributed by atoms with Gasteiger partial charge in [0.2, 0.25) is 0 Å². The van der Waals surface area contributed by atoms with Gasteiger partial charge in [-0.05, 0) is 99.0 Å². The number of hydrogen-bond acceptors (Lipinski definition) is 6. The minimum Gasteiger partial charge on any atom is -0.492 e. The normalized spacial score (nSPS) is 18.0. The summed E-state index contributed by atoms with van der Waals surface area (Å²) < 4.78 is 17.1. The predicted molar refractivity (Wildman–Crippen MR) is 131 cm³/mol. The summed E-state index contributed by atoms with van der Waals surface area (Å²) in [6.07, 6.45) is 4.61. The van der Waals surface area contributed by atoms with Gasteiger partial charge in [0.15, 0.2) is 0 Å². The number of piperazine rings is 1. The van der Waals surface area contributed by atoms with Crippen molar-refractivity contribution in [2.75, 3.05) is 46.4 Å². The number of ether oxygens (including phenoxy) is 3. The molecule has 2 fully saturated rings. The Balaban J connectivity index is 1.39. The molecule has 1 atom stereocenters. The van der Waals surface area contributed by atoms with Crippen LogP contribution in [0, 0.1) is 11.8 Å². The fraction of sp³-hybridized carbons (Fsp3) is 0.680. The van der Waals surface area contributed by atoms with Gasteiger partial charge in [-0.2, -0.15) is 0 Å². The predicted octanol–water partition coefficient (Wildman–Crippen LogP) is 4.97. The highest BCUT2D eigenvalue weighted by atomic mass is 79.9. The molecule has 33 heavy (non-hydrogen) atoms. The van der Waals surface area contributed by atoms with Crippen molar-refractivity contribution in [3.63, 3.8) is 0 Å². The van der Waals surface area contributed by atoms with Gasteiger partial charge in [0.05, 0.1) is 23.8 Å². The minimum absolute atomic E-state index is 0.209. The molecule has 1 aromatic carbocycles. The number of methoxy groups -OCH3 is 1. The molecule has 1 aromatic rings. The maximum atomic E-state index is 12.2. The van der Waals surface area contributed by atoms with Gasteiger partial charge in [0.25, 0.3) is 0 Å². The number of halogens is 1. The Morgan fingerprint density at radius 2 is 1.85 bits per heavy atom. The third-order valence-electron chi connectivity index (χ3n) is 6.17. The Morgan fingerprint density at radius 1 is 1.15 bits per heavy atom. The summed E-state index contributed by atoms with van der Waals surface area (Å²) in [7, 11) is 1.38. The first-order chi connectivity index (χ1) is 15.7. The van der Waals surface area contributed by atoms with Crippen molar-refractivity contribution >= 4 is 28.0 Å². The maximum Gasteiger partial charge on any atom is 0.410 e. The number of carbonyl (C=O) groups is 2. The third kappa shape index (κ3) is 8.18. The van der Waals surface area contributed by atoms with Gasteiger partial charge >= 0.3 is 12.1 Å². The molecule has 0 spiro atoms. The molecule has 1 aliphatic heterocycles. The number of nitrogens with zero attached hydrogens (tertiary/aromatic N) is 2. The Labute approximate surface area is 205 Å². The maximum absolute atomic E-state index is 12.2. The van der Waals surface area contributed by atoms with Gasteiger partial charge < -0.3 is 19.1 Å². The average Bonchev–Trinajstić information content (AvgIpc) is 3.61. The lowest BCUT2D eigenvalue weighted by Gasteiger charge is -2.35. The van der Waals surface area contributed by atoms with E-state index < -0.39 is 5.60 Å². The zero-order valence-electron chi connectivity index (χ0n) is 20.3. The summed E-state index contributed by atoms with van der Waals surface area (Å²) in [4.78, 5) is 28.2. The second-order valence-electron chi connectivity index (χ2n) is 10.00. The van der Waals surface area contributed by atoms with E-state index in [1.165, 1.54) is 20.0 Å². The van der Waals surface area contributed by atoms with E-state index in [9.17, 15) is 9.59 Å². The van der Waals surface area contributed by atoms with Gasteiger partial charge in [0.1, 0.15) is 11.4 Å². The van der Waals surface area contributed by atoms with Crippen LogP contribution in [0.25, 0.3) is 0 Å². The zero-order valence-corrected chi connectivity index (χ0v) is 21.9. The van der Waals surface area contributed by atoms with E-state index in [0.29, 0.717) is 18.1 Å². The standard InChI is InChI=1S/C25H37BrN2O5/c1-25(2,3)33-24(30)28-14-12-27(13-15-28)11-5-6-20(18-7-8-18)17-32-22-10-9-19(16-21(22)26)23(29)31-4/h9-10,16,18,20H,5-8,11-15,17H2,1-4H3. The van der Waals surface area contributed by atoms with Crippen molar-refractivity contribution in [3.8, 4) is 5.75 Å². The summed E-state index contributed by atoms with van der Waals surface area (Å²) >= 11 is 3.51. The first-order valence-corrected chi connectivity index (χ1v) is 12.7. The van der Waals surface area contributed by atoms with Gasteiger partial charge in [0, 0.05) is 26.2 Å². The first kappa shape index (κ1) is 25.8. The van der Waals surface area contributed by atoms with E-state index >= 15 is 0 Å². The molecule has 1 aliphatic carbocycles. The SMILES string of the molecule is COC(=O)c1ccc(OCC(CCCN2CCN(C(=O)OC(C)(C)C)CC2)C2CC2)c(Br)c1. The molecule has 0 aromatic heterocycles. The fourth-order valence-electron chi connectivity index (χ4n) is 4.14. The molecule has 8 heteroatoms. The quantitative estimate of drug-likeness (QED) is 0.424. The largest absolute Gasteiger partial charge is 0.492 e. The molecule has 1 amide bonds. The zero-order chi connectivity index (χ0) is 24.0. The van der Waals surface area contributed by atoms with Crippen LogP contribution in [0.15, 0.2) is 22.7 Å². The number of amides is 1. The van der Waals surface area contributed by atoms with Crippen molar-refractivity contribution in [3.05, 3.63) is 28.2 Å². The lowest BCUT2D eigenvalue weighted by atomic mass is 9.98. The van der Waals surface area contributed by atoms with Crippen LogP contribution in [-0.4, -0.2) is 73.9 Å². The van der Waals surface area contributed by atoms with Gasteiger partial charge in [-0.1, -0.05) is 0 Å². The Bertz CT molecular complexity index is 814. The topological polar surface area (TPSA) is 68.3 Å². The molecule has 2 aliphatic rings. The first-order valence-electron chi connectivity index (χ1n) is 11.9. The highest BCUT2D eigenvalue weighted by Gasteiger charge is 2.32. The van der Waals surface area contributed by atoms with E-state index in [1.807, 2.05) is 31.7 Å². The molecule has 3 rings (SSSR count). The molecule has 1 unspecified atom stereocenters. The summed E-state index contributed by atoms with van der Waals surface area (Å²) in [5, 5.41) is 0. The molecule has 0 N–H and O–H groups in total. The highest BCUT2D eigenvalue weighted by molar-refractivity contribution is 9.10. The van der Waals surface area contributed by atoms with Gasteiger partial charge in [-0.3, -0.25) is 4.90 Å². The van der Waals surface area contributed by atoms with Gasteiger partial charge in [-0.15, -0.1) is 0 Å². The highest BCUT2D eigenvalue weighted by Crippen LogP contribution is 2.40. The number of hydrogen-bond donors (Lipinski definition) is 0. The Hall–Kier alpha value is -1.80. The van der Waals surface area contributed by atoms with Crippen molar-refractivity contribution in [1.29, 1.82) is 0 Å². The molecule has 0 bridgehead atoms. The molecular weight excluding hydrogens is 488 g/mol. The fourth-order valence-corrected chi connectivity index (χ4v) is 4.63. The Morgan fingerprint density at radius 3 is 2.42 bits per heavy atom. The van der Waals surface area contributed by atoms with Crippen LogP contribution in [0.3, 0.4) is 0 Å². The monoisotopic (exact) mass is 524 g/mol. The Kier molecular flexibility index (Phi) is 9.04. The van der Waals surface area contributed by atoms with Crippen LogP contribution >= 0.6 is 15.9 Å². The molecule has 1 heterocycles. The summed E-state index contributed by atoms with van der Waals surface area (Å²) in [5.41, 5.74) is 0.0508. The molecule has 184 valence electrons. The second-order valence-corrected chi connectivity index (χ2v) is 10.9. The molecule has 7 nitrogen and oxygen atoms in total. The smallest absolute Gasteiger partial charge is 0.410 e. The van der Waals surface area contributed by atoms with Crippen LogP contribution in [0.1, 0.15) is 56.8 Å². The van der Waals surface area contributed by atoms with Crippen LogP contribution < -0.4 is 4.74 Å². The van der Waals surface area contributed by atoms with Crippen molar-refractivity contribution in [2.45, 2.75) is 52.1 Å². The van der Waals surface area contributed by atoms with E-state index in [4.69, 9.17) is 14.2 Å². The second kappa shape index (κ2) is 11.6. The van der Waals surface area contributed by atoms with Crippen LogP contribution in [0.4, 0.5) is 4.79 Å². The van der Waals surface area contributed by atoms with Crippen LogP contribution in [0.5, 0.6) is 5.75 Å². The average molecular weight is 525 g/mol. The summed E-state index contributed by atoms with van der Waals surface area (Å²) in [6.45, 7) is 10.7. The van der Waals surface area contributed by atoms with Gasteiger partial charge in [-0.25, -0.2) is 9.59 Å². The number of benzene rings is 1. The van der Waals surface area contributed by atoms with E-state index in [2.05, 4.69) is 20.8 Å². The molecular formula is C25H37BrN2O5. The minimum atomic E-state index is -0.451.